The van der Waals surface area contributed by atoms with Gasteiger partial charge in [0.05, 0.1) is 11.6 Å². The van der Waals surface area contributed by atoms with Crippen molar-refractivity contribution in [1.82, 2.24) is 4.98 Å². The van der Waals surface area contributed by atoms with Crippen molar-refractivity contribution in [2.75, 3.05) is 7.11 Å². The number of hydrogen-bond acceptors (Lipinski definition) is 3. The summed E-state index contributed by atoms with van der Waals surface area (Å²) in [4.78, 5) is 4.18. The lowest BCUT2D eigenvalue weighted by molar-refractivity contribution is 0.412. The second-order valence-electron chi connectivity index (χ2n) is 4.58. The van der Waals surface area contributed by atoms with Gasteiger partial charge in [-0.2, -0.15) is 0 Å². The number of halogens is 1. The van der Waals surface area contributed by atoms with E-state index in [1.807, 2.05) is 37.5 Å². The highest BCUT2D eigenvalue weighted by Crippen LogP contribution is 2.27. The zero-order chi connectivity index (χ0) is 13.8. The highest BCUT2D eigenvalue weighted by molar-refractivity contribution is 9.10. The number of aryl methyl sites for hydroxylation is 1. The summed E-state index contributed by atoms with van der Waals surface area (Å²) < 4.78 is 6.16. The summed E-state index contributed by atoms with van der Waals surface area (Å²) in [5.41, 5.74) is 9.59. The molecule has 4 heteroatoms. The molecule has 2 aromatic rings. The monoisotopic (exact) mass is 320 g/mol. The Kier molecular flexibility index (Phi) is 4.56. The molecule has 3 nitrogen and oxygen atoms in total. The zero-order valence-corrected chi connectivity index (χ0v) is 12.6. The van der Waals surface area contributed by atoms with Crippen molar-refractivity contribution in [3.05, 3.63) is 57.8 Å². The van der Waals surface area contributed by atoms with Gasteiger partial charge in [0.15, 0.2) is 0 Å². The molecule has 1 atom stereocenters. The summed E-state index contributed by atoms with van der Waals surface area (Å²) in [5, 5.41) is 0. The van der Waals surface area contributed by atoms with Crippen LogP contribution >= 0.6 is 15.9 Å². The van der Waals surface area contributed by atoms with Gasteiger partial charge < -0.3 is 10.5 Å². The Morgan fingerprint density at radius 3 is 2.74 bits per heavy atom. The van der Waals surface area contributed by atoms with Crippen molar-refractivity contribution >= 4 is 15.9 Å². The first-order valence-corrected chi connectivity index (χ1v) is 6.89. The van der Waals surface area contributed by atoms with Gasteiger partial charge in [0.25, 0.3) is 0 Å². The van der Waals surface area contributed by atoms with Crippen molar-refractivity contribution in [2.24, 2.45) is 5.73 Å². The molecule has 0 fully saturated rings. The first kappa shape index (κ1) is 14.0. The van der Waals surface area contributed by atoms with Crippen molar-refractivity contribution in [3.63, 3.8) is 0 Å². The fraction of sp³-hybridized carbons (Fsp3) is 0.267. The smallest absolute Gasteiger partial charge is 0.133 e. The number of nitrogens with zero attached hydrogens (tertiary/aromatic N) is 1. The Hall–Kier alpha value is -1.39. The molecule has 0 aliphatic heterocycles. The van der Waals surface area contributed by atoms with Crippen LogP contribution in [0.15, 0.2) is 41.1 Å². The lowest BCUT2D eigenvalue weighted by Gasteiger charge is -2.13. The molecule has 0 amide bonds. The van der Waals surface area contributed by atoms with Crippen LogP contribution in [-0.4, -0.2) is 12.1 Å². The lowest BCUT2D eigenvalue weighted by Crippen LogP contribution is -2.13. The molecule has 1 aromatic carbocycles. The molecule has 0 saturated heterocycles. The third kappa shape index (κ3) is 3.55. The Labute approximate surface area is 121 Å². The Bertz CT molecular complexity index is 572. The minimum atomic E-state index is -0.0484. The van der Waals surface area contributed by atoms with E-state index in [1.165, 1.54) is 5.56 Å². The normalized spacial score (nSPS) is 12.2. The number of ether oxygens (including phenoxy) is 1. The molecule has 0 aliphatic carbocycles. The van der Waals surface area contributed by atoms with Crippen molar-refractivity contribution < 1.29 is 4.74 Å². The second kappa shape index (κ2) is 6.17. The van der Waals surface area contributed by atoms with E-state index < -0.39 is 0 Å². The maximum Gasteiger partial charge on any atom is 0.133 e. The molecule has 2 N–H and O–H groups in total. The van der Waals surface area contributed by atoms with Crippen LogP contribution in [-0.2, 0) is 6.42 Å². The van der Waals surface area contributed by atoms with Gasteiger partial charge in [-0.1, -0.05) is 12.1 Å². The van der Waals surface area contributed by atoms with Crippen LogP contribution < -0.4 is 10.5 Å². The van der Waals surface area contributed by atoms with Crippen LogP contribution in [0, 0.1) is 6.92 Å². The number of pyridine rings is 1. The van der Waals surface area contributed by atoms with Crippen LogP contribution in [0.5, 0.6) is 5.75 Å². The molecule has 19 heavy (non-hydrogen) atoms. The van der Waals surface area contributed by atoms with Gasteiger partial charge >= 0.3 is 0 Å². The van der Waals surface area contributed by atoms with Crippen LogP contribution in [0.2, 0.25) is 0 Å². The fourth-order valence-corrected chi connectivity index (χ4v) is 2.58. The number of aromatic nitrogens is 1. The van der Waals surface area contributed by atoms with E-state index in [-0.39, 0.29) is 6.04 Å². The summed E-state index contributed by atoms with van der Waals surface area (Å²) in [6.45, 7) is 2.02. The van der Waals surface area contributed by atoms with Gasteiger partial charge in [0, 0.05) is 18.4 Å². The molecule has 100 valence electrons. The van der Waals surface area contributed by atoms with E-state index >= 15 is 0 Å². The Morgan fingerprint density at radius 2 is 2.11 bits per heavy atom. The largest absolute Gasteiger partial charge is 0.496 e. The third-order valence-electron chi connectivity index (χ3n) is 3.00. The van der Waals surface area contributed by atoms with E-state index in [2.05, 4.69) is 27.0 Å². The summed E-state index contributed by atoms with van der Waals surface area (Å²) >= 11 is 3.49. The molecule has 0 saturated carbocycles. The van der Waals surface area contributed by atoms with E-state index in [0.29, 0.717) is 0 Å². The van der Waals surface area contributed by atoms with Gasteiger partial charge in [-0.25, -0.2) is 0 Å². The lowest BCUT2D eigenvalue weighted by atomic mass is 10.0. The molecular weight excluding hydrogens is 304 g/mol. The van der Waals surface area contributed by atoms with Gasteiger partial charge in [-0.15, -0.1) is 0 Å². The molecular formula is C15H17BrN2O. The number of methoxy groups -OCH3 is 1. The second-order valence-corrected chi connectivity index (χ2v) is 5.43. The van der Waals surface area contributed by atoms with E-state index in [4.69, 9.17) is 10.5 Å². The van der Waals surface area contributed by atoms with E-state index in [9.17, 15) is 0 Å². The van der Waals surface area contributed by atoms with Crippen molar-refractivity contribution in [2.45, 2.75) is 19.4 Å². The average Bonchev–Trinajstić information content (AvgIpc) is 2.39. The third-order valence-corrected chi connectivity index (χ3v) is 3.62. The average molecular weight is 321 g/mol. The highest BCUT2D eigenvalue weighted by Gasteiger charge is 2.09. The quantitative estimate of drug-likeness (QED) is 0.939. The zero-order valence-electron chi connectivity index (χ0n) is 11.1. The number of rotatable bonds is 4. The van der Waals surface area contributed by atoms with Gasteiger partial charge in [0.2, 0.25) is 0 Å². The maximum absolute atomic E-state index is 6.23. The minimum absolute atomic E-state index is 0.0484. The van der Waals surface area contributed by atoms with Gasteiger partial charge in [-0.3, -0.25) is 4.98 Å². The predicted molar refractivity (Wildman–Crippen MR) is 80.3 cm³/mol. The fourth-order valence-electron chi connectivity index (χ4n) is 1.99. The molecule has 0 spiro atoms. The van der Waals surface area contributed by atoms with E-state index in [1.54, 1.807) is 7.11 Å². The first-order chi connectivity index (χ1) is 9.10. The maximum atomic E-state index is 6.23. The SMILES string of the molecule is COc1ccc(CC(N)c2cncc(C)c2)cc1Br. The topological polar surface area (TPSA) is 48.1 Å². The molecule has 2 rings (SSSR count). The van der Waals surface area contributed by atoms with Crippen molar-refractivity contribution in [3.8, 4) is 5.75 Å². The standard InChI is InChI=1S/C15H17BrN2O/c1-10-5-12(9-18-8-10)14(17)7-11-3-4-15(19-2)13(16)6-11/h3-6,8-9,14H,7,17H2,1-2H3. The van der Waals surface area contributed by atoms with Gasteiger partial charge in [-0.05, 0) is 58.1 Å². The summed E-state index contributed by atoms with van der Waals surface area (Å²) in [5.74, 6) is 0.828. The summed E-state index contributed by atoms with van der Waals surface area (Å²) in [6, 6.07) is 8.05. The molecule has 0 aliphatic rings. The molecule has 1 aromatic heterocycles. The molecule has 0 bridgehead atoms. The first-order valence-electron chi connectivity index (χ1n) is 6.09. The van der Waals surface area contributed by atoms with Crippen molar-refractivity contribution in [1.29, 1.82) is 0 Å². The van der Waals surface area contributed by atoms with E-state index in [0.717, 1.165) is 27.8 Å². The summed E-state index contributed by atoms with van der Waals surface area (Å²) in [7, 11) is 1.66. The predicted octanol–water partition coefficient (Wildman–Crippen LogP) is 3.40. The van der Waals surface area contributed by atoms with Crippen LogP contribution in [0.3, 0.4) is 0 Å². The number of benzene rings is 1. The molecule has 0 radical (unpaired) electrons. The van der Waals surface area contributed by atoms with Crippen LogP contribution in [0.25, 0.3) is 0 Å². The van der Waals surface area contributed by atoms with Crippen LogP contribution in [0.4, 0.5) is 0 Å². The number of nitrogens with two attached hydrogens (primary N) is 1. The summed E-state index contributed by atoms with van der Waals surface area (Å²) in [6.07, 6.45) is 4.43. The minimum Gasteiger partial charge on any atom is -0.496 e. The Balaban J connectivity index is 2.14. The van der Waals surface area contributed by atoms with Crippen LogP contribution in [0.1, 0.15) is 22.7 Å². The Morgan fingerprint density at radius 1 is 1.32 bits per heavy atom. The number of hydrogen-bond donors (Lipinski definition) is 1. The molecule has 1 heterocycles. The molecule has 1 unspecified atom stereocenters. The highest BCUT2D eigenvalue weighted by atomic mass is 79.9. The van der Waals surface area contributed by atoms with Gasteiger partial charge in [0.1, 0.15) is 5.75 Å².